The molecule has 1 heteroatoms. The second-order valence-corrected chi connectivity index (χ2v) is 5.06. The smallest absolute Gasteiger partial charge is 0.120 e. The number of hydrogen-bond donors (Lipinski definition) is 0. The van der Waals surface area contributed by atoms with Crippen molar-refractivity contribution in [2.24, 2.45) is 5.41 Å². The molecule has 0 atom stereocenters. The van der Waals surface area contributed by atoms with Crippen LogP contribution in [0.1, 0.15) is 59.3 Å². The molecule has 14 heavy (non-hydrogen) atoms. The topological polar surface area (TPSA) is 17.1 Å². The van der Waals surface area contributed by atoms with E-state index in [1.165, 1.54) is 19.3 Å². The predicted molar refractivity (Wildman–Crippen MR) is 60.2 cm³/mol. The van der Waals surface area contributed by atoms with Gasteiger partial charge < -0.3 is 4.79 Å². The molecule has 0 aliphatic heterocycles. The average molecular weight is 194 g/mol. The molecule has 0 aromatic rings. The van der Waals surface area contributed by atoms with Crippen LogP contribution >= 0.6 is 0 Å². The van der Waals surface area contributed by atoms with E-state index in [1.807, 2.05) is 0 Å². The number of aldehydes is 1. The number of carbonyl (C=O) groups is 1. The van der Waals surface area contributed by atoms with Crippen molar-refractivity contribution in [2.45, 2.75) is 59.3 Å². The maximum Gasteiger partial charge on any atom is 0.120 e. The van der Waals surface area contributed by atoms with Gasteiger partial charge in [-0.25, -0.2) is 0 Å². The molecule has 1 rings (SSSR count). The van der Waals surface area contributed by atoms with Crippen molar-refractivity contribution in [2.75, 3.05) is 0 Å². The largest absolute Gasteiger partial charge is 0.303 e. The highest BCUT2D eigenvalue weighted by atomic mass is 16.1. The molecular formula is C13H22O. The van der Waals surface area contributed by atoms with E-state index in [4.69, 9.17) is 0 Å². The zero-order valence-electron chi connectivity index (χ0n) is 9.73. The maximum absolute atomic E-state index is 10.3. The summed E-state index contributed by atoms with van der Waals surface area (Å²) >= 11 is 0. The normalized spacial score (nSPS) is 21.1. The third-order valence-electron chi connectivity index (χ3n) is 3.43. The Labute approximate surface area is 87.6 Å². The predicted octanol–water partition coefficient (Wildman–Crippen LogP) is 3.88. The van der Waals surface area contributed by atoms with Gasteiger partial charge in [-0.2, -0.15) is 0 Å². The van der Waals surface area contributed by atoms with Crippen LogP contribution in [0.4, 0.5) is 0 Å². The molecule has 0 fully saturated rings. The summed E-state index contributed by atoms with van der Waals surface area (Å²) < 4.78 is 0. The van der Waals surface area contributed by atoms with E-state index in [9.17, 15) is 4.79 Å². The van der Waals surface area contributed by atoms with Crippen LogP contribution in [0.3, 0.4) is 0 Å². The molecule has 1 aliphatic rings. The van der Waals surface area contributed by atoms with Gasteiger partial charge in [-0.05, 0) is 44.4 Å². The molecule has 0 aromatic heterocycles. The molecule has 1 nitrogen and oxygen atoms in total. The summed E-state index contributed by atoms with van der Waals surface area (Å²) in [5, 5.41) is 0. The Bertz CT molecular complexity index is 236. The third-order valence-corrected chi connectivity index (χ3v) is 3.43. The summed E-state index contributed by atoms with van der Waals surface area (Å²) in [4.78, 5) is 10.3. The van der Waals surface area contributed by atoms with Gasteiger partial charge in [0.25, 0.3) is 0 Å². The van der Waals surface area contributed by atoms with Gasteiger partial charge in [-0.3, -0.25) is 0 Å². The highest BCUT2D eigenvalue weighted by Crippen LogP contribution is 2.42. The minimum atomic E-state index is 0.380. The van der Waals surface area contributed by atoms with Gasteiger partial charge in [-0.1, -0.05) is 25.0 Å². The van der Waals surface area contributed by atoms with Gasteiger partial charge in [-0.15, -0.1) is 0 Å². The molecule has 0 unspecified atom stereocenters. The highest BCUT2D eigenvalue weighted by Gasteiger charge is 2.27. The van der Waals surface area contributed by atoms with Gasteiger partial charge in [0.15, 0.2) is 0 Å². The molecule has 0 bridgehead atoms. The molecule has 1 aliphatic carbocycles. The summed E-state index contributed by atoms with van der Waals surface area (Å²) in [5.74, 6) is 0. The van der Waals surface area contributed by atoms with Crippen molar-refractivity contribution < 1.29 is 4.79 Å². The van der Waals surface area contributed by atoms with E-state index in [0.717, 1.165) is 19.1 Å². The van der Waals surface area contributed by atoms with Crippen molar-refractivity contribution in [3.63, 3.8) is 0 Å². The second-order valence-electron chi connectivity index (χ2n) is 5.06. The number of hydrogen-bond acceptors (Lipinski definition) is 1. The van der Waals surface area contributed by atoms with Gasteiger partial charge in [0.2, 0.25) is 0 Å². The van der Waals surface area contributed by atoms with Crippen molar-refractivity contribution in [3.8, 4) is 0 Å². The fourth-order valence-electron chi connectivity index (χ4n) is 2.59. The van der Waals surface area contributed by atoms with Crippen LogP contribution in [0.25, 0.3) is 0 Å². The first-order valence-electron chi connectivity index (χ1n) is 5.70. The van der Waals surface area contributed by atoms with E-state index in [1.54, 1.807) is 11.1 Å². The van der Waals surface area contributed by atoms with Crippen LogP contribution in [0.15, 0.2) is 11.1 Å². The molecule has 0 radical (unpaired) electrons. The number of unbranched alkanes of at least 4 members (excludes halogenated alkanes) is 1. The van der Waals surface area contributed by atoms with Crippen molar-refractivity contribution in [1.29, 1.82) is 0 Å². The Hall–Kier alpha value is -0.590. The first kappa shape index (κ1) is 11.5. The molecule has 0 saturated heterocycles. The van der Waals surface area contributed by atoms with Gasteiger partial charge in [0, 0.05) is 6.42 Å². The third kappa shape index (κ3) is 2.70. The van der Waals surface area contributed by atoms with E-state index in [-0.39, 0.29) is 0 Å². The van der Waals surface area contributed by atoms with Crippen LogP contribution in [0.2, 0.25) is 0 Å². The van der Waals surface area contributed by atoms with Crippen LogP contribution in [0, 0.1) is 5.41 Å². The minimum absolute atomic E-state index is 0.380. The van der Waals surface area contributed by atoms with Crippen molar-refractivity contribution in [3.05, 3.63) is 11.1 Å². The molecule has 0 amide bonds. The zero-order chi connectivity index (χ0) is 10.6. The summed E-state index contributed by atoms with van der Waals surface area (Å²) in [7, 11) is 0. The molecular weight excluding hydrogens is 172 g/mol. The number of carbonyl (C=O) groups excluding carboxylic acids is 1. The average Bonchev–Trinajstić information content (AvgIpc) is 2.09. The lowest BCUT2D eigenvalue weighted by Crippen LogP contribution is -2.20. The zero-order valence-corrected chi connectivity index (χ0v) is 9.73. The first-order valence-corrected chi connectivity index (χ1v) is 5.70. The minimum Gasteiger partial charge on any atom is -0.303 e. The first-order chi connectivity index (χ1) is 6.58. The SMILES string of the molecule is CC1=C(CCCC=O)C(C)(C)CCC1. The summed E-state index contributed by atoms with van der Waals surface area (Å²) in [5.41, 5.74) is 3.57. The molecule has 80 valence electrons. The fourth-order valence-corrected chi connectivity index (χ4v) is 2.59. The lowest BCUT2D eigenvalue weighted by Gasteiger charge is -2.34. The quantitative estimate of drug-likeness (QED) is 0.377. The number of rotatable bonds is 4. The van der Waals surface area contributed by atoms with Crippen LogP contribution in [-0.2, 0) is 4.79 Å². The van der Waals surface area contributed by atoms with Gasteiger partial charge in [0.1, 0.15) is 6.29 Å². The molecule has 0 aromatic carbocycles. The summed E-state index contributed by atoms with van der Waals surface area (Å²) in [6.45, 7) is 6.94. The monoisotopic (exact) mass is 194 g/mol. The van der Waals surface area contributed by atoms with E-state index in [0.29, 0.717) is 11.8 Å². The molecule has 0 N–H and O–H groups in total. The summed E-state index contributed by atoms with van der Waals surface area (Å²) in [6.07, 6.45) is 7.80. The van der Waals surface area contributed by atoms with Crippen LogP contribution in [-0.4, -0.2) is 6.29 Å². The van der Waals surface area contributed by atoms with Crippen molar-refractivity contribution in [1.82, 2.24) is 0 Å². The molecule has 0 saturated carbocycles. The lowest BCUT2D eigenvalue weighted by atomic mass is 9.71. The highest BCUT2D eigenvalue weighted by molar-refractivity contribution is 5.49. The second kappa shape index (κ2) is 4.77. The molecule has 0 spiro atoms. The van der Waals surface area contributed by atoms with E-state index in [2.05, 4.69) is 20.8 Å². The fraction of sp³-hybridized carbons (Fsp3) is 0.769. The van der Waals surface area contributed by atoms with Crippen LogP contribution in [0.5, 0.6) is 0 Å². The van der Waals surface area contributed by atoms with E-state index >= 15 is 0 Å². The Balaban J connectivity index is 2.65. The Morgan fingerprint density at radius 2 is 2.14 bits per heavy atom. The Morgan fingerprint density at radius 1 is 1.43 bits per heavy atom. The maximum atomic E-state index is 10.3. The number of allylic oxidation sites excluding steroid dienone is 2. The lowest BCUT2D eigenvalue weighted by molar-refractivity contribution is -0.107. The van der Waals surface area contributed by atoms with Crippen molar-refractivity contribution >= 4 is 6.29 Å². The Morgan fingerprint density at radius 3 is 2.71 bits per heavy atom. The Kier molecular flexibility index (Phi) is 3.91. The van der Waals surface area contributed by atoms with Gasteiger partial charge in [0.05, 0.1) is 0 Å². The standard InChI is InChI=1S/C13H22O/c1-11-7-6-9-13(2,3)12(11)8-4-5-10-14/h10H,4-9H2,1-3H3. The van der Waals surface area contributed by atoms with Crippen LogP contribution < -0.4 is 0 Å². The molecule has 0 heterocycles. The van der Waals surface area contributed by atoms with E-state index < -0.39 is 0 Å². The summed E-state index contributed by atoms with van der Waals surface area (Å²) in [6, 6.07) is 0. The van der Waals surface area contributed by atoms with Gasteiger partial charge >= 0.3 is 0 Å².